The van der Waals surface area contributed by atoms with Gasteiger partial charge in [-0.3, -0.25) is 0 Å². The Kier molecular flexibility index (Phi) is 4.16. The summed E-state index contributed by atoms with van der Waals surface area (Å²) in [6.07, 6.45) is 2.73. The number of benzene rings is 1. The molecule has 5 nitrogen and oxygen atoms in total. The molecule has 0 aromatic heterocycles. The Hall–Kier alpha value is -2.11. The van der Waals surface area contributed by atoms with Crippen LogP contribution in [0.4, 0.5) is 14.9 Å². The minimum Gasteiger partial charge on any atom is -0.478 e. The Morgan fingerprint density at radius 1 is 1.38 bits per heavy atom. The van der Waals surface area contributed by atoms with Gasteiger partial charge in [-0.25, -0.2) is 14.0 Å². The monoisotopic (exact) mass is 294 g/mol. The Balaban J connectivity index is 2.05. The van der Waals surface area contributed by atoms with Crippen molar-refractivity contribution in [3.05, 3.63) is 29.6 Å². The number of halogens is 1. The van der Waals surface area contributed by atoms with Crippen LogP contribution in [0.25, 0.3) is 0 Å². The molecule has 1 unspecified atom stereocenters. The van der Waals surface area contributed by atoms with Crippen LogP contribution in [0.3, 0.4) is 0 Å². The van der Waals surface area contributed by atoms with Gasteiger partial charge >= 0.3 is 12.0 Å². The minimum atomic E-state index is -1.29. The highest BCUT2D eigenvalue weighted by Crippen LogP contribution is 2.36. The van der Waals surface area contributed by atoms with E-state index in [0.717, 1.165) is 25.3 Å². The summed E-state index contributed by atoms with van der Waals surface area (Å²) >= 11 is 0. The molecule has 2 amide bonds. The molecule has 1 aromatic rings. The van der Waals surface area contributed by atoms with Gasteiger partial charge in [0.15, 0.2) is 0 Å². The van der Waals surface area contributed by atoms with E-state index in [0.29, 0.717) is 0 Å². The second-order valence-corrected chi connectivity index (χ2v) is 6.17. The van der Waals surface area contributed by atoms with E-state index < -0.39 is 17.8 Å². The summed E-state index contributed by atoms with van der Waals surface area (Å²) in [4.78, 5) is 23.0. The van der Waals surface area contributed by atoms with Crippen molar-refractivity contribution in [1.29, 1.82) is 0 Å². The first-order valence-corrected chi connectivity index (χ1v) is 6.88. The number of carboxylic acids is 1. The fourth-order valence-corrected chi connectivity index (χ4v) is 2.72. The van der Waals surface area contributed by atoms with Crippen LogP contribution in [-0.2, 0) is 0 Å². The maximum Gasteiger partial charge on any atom is 0.337 e. The first-order chi connectivity index (χ1) is 9.78. The molecule has 1 aliphatic carbocycles. The van der Waals surface area contributed by atoms with Crippen molar-refractivity contribution in [2.45, 2.75) is 39.2 Å². The molecule has 6 heteroatoms. The molecular formula is C15H19FN2O3. The summed E-state index contributed by atoms with van der Waals surface area (Å²) in [5.74, 6) is -2.05. The van der Waals surface area contributed by atoms with Gasteiger partial charge < -0.3 is 15.7 Å². The van der Waals surface area contributed by atoms with Gasteiger partial charge in [0.2, 0.25) is 0 Å². The second-order valence-electron chi connectivity index (χ2n) is 6.17. The Morgan fingerprint density at radius 2 is 2.10 bits per heavy atom. The number of urea groups is 1. The Morgan fingerprint density at radius 3 is 2.67 bits per heavy atom. The third kappa shape index (κ3) is 3.71. The lowest BCUT2D eigenvalue weighted by atomic mass is 9.92. The van der Waals surface area contributed by atoms with E-state index in [9.17, 15) is 14.0 Å². The minimum absolute atomic E-state index is 0.0278. The first-order valence-electron chi connectivity index (χ1n) is 6.88. The van der Waals surface area contributed by atoms with E-state index in [1.807, 2.05) is 0 Å². The number of hydrogen-bond acceptors (Lipinski definition) is 2. The van der Waals surface area contributed by atoms with Crippen LogP contribution < -0.4 is 10.6 Å². The third-order valence-electron chi connectivity index (χ3n) is 3.79. The van der Waals surface area contributed by atoms with E-state index in [4.69, 9.17) is 5.11 Å². The SMILES string of the molecule is CC1(C)CCC(NC(=O)Nc2c(F)cccc2C(=O)O)C1. The van der Waals surface area contributed by atoms with E-state index in [1.54, 1.807) is 0 Å². The lowest BCUT2D eigenvalue weighted by Gasteiger charge is -2.18. The van der Waals surface area contributed by atoms with Crippen LogP contribution in [0.15, 0.2) is 18.2 Å². The van der Waals surface area contributed by atoms with E-state index in [2.05, 4.69) is 24.5 Å². The van der Waals surface area contributed by atoms with E-state index >= 15 is 0 Å². The van der Waals surface area contributed by atoms with Crippen molar-refractivity contribution >= 4 is 17.7 Å². The van der Waals surface area contributed by atoms with Gasteiger partial charge in [-0.05, 0) is 36.8 Å². The van der Waals surface area contributed by atoms with Crippen LogP contribution in [0.1, 0.15) is 43.5 Å². The number of nitrogens with one attached hydrogen (secondary N) is 2. The quantitative estimate of drug-likeness (QED) is 0.801. The van der Waals surface area contributed by atoms with E-state index in [-0.39, 0.29) is 22.7 Å². The third-order valence-corrected chi connectivity index (χ3v) is 3.79. The van der Waals surface area contributed by atoms with Crippen molar-refractivity contribution in [2.24, 2.45) is 5.41 Å². The standard InChI is InChI=1S/C15H19FN2O3/c1-15(2)7-6-9(8-15)17-14(21)18-12-10(13(19)20)4-3-5-11(12)16/h3-5,9H,6-8H2,1-2H3,(H,19,20)(H2,17,18,21). The van der Waals surface area contributed by atoms with Crippen LogP contribution in [0.2, 0.25) is 0 Å². The number of amides is 2. The number of carboxylic acid groups (broad SMARTS) is 1. The smallest absolute Gasteiger partial charge is 0.337 e. The van der Waals surface area contributed by atoms with Gasteiger partial charge in [0.25, 0.3) is 0 Å². The highest BCUT2D eigenvalue weighted by molar-refractivity contribution is 6.00. The molecule has 0 saturated heterocycles. The van der Waals surface area contributed by atoms with Gasteiger partial charge in [0, 0.05) is 6.04 Å². The largest absolute Gasteiger partial charge is 0.478 e. The molecule has 0 bridgehead atoms. The number of rotatable bonds is 3. The number of carbonyl (C=O) groups excluding carboxylic acids is 1. The highest BCUT2D eigenvalue weighted by Gasteiger charge is 2.31. The summed E-state index contributed by atoms with van der Waals surface area (Å²) in [6, 6.07) is 3.10. The number of para-hydroxylation sites is 1. The van der Waals surface area contributed by atoms with Crippen LogP contribution in [0.5, 0.6) is 0 Å². The van der Waals surface area contributed by atoms with Crippen molar-refractivity contribution in [2.75, 3.05) is 5.32 Å². The molecule has 0 heterocycles. The number of aromatic carboxylic acids is 1. The molecular weight excluding hydrogens is 275 g/mol. The molecule has 3 N–H and O–H groups in total. The molecule has 1 aliphatic rings. The fourth-order valence-electron chi connectivity index (χ4n) is 2.72. The Bertz CT molecular complexity index is 572. The normalized spacial score (nSPS) is 20.0. The summed E-state index contributed by atoms with van der Waals surface area (Å²) in [7, 11) is 0. The van der Waals surface area contributed by atoms with Gasteiger partial charge in [0.1, 0.15) is 5.82 Å². The van der Waals surface area contributed by atoms with Gasteiger partial charge in [-0.1, -0.05) is 19.9 Å². The molecule has 1 aromatic carbocycles. The Labute approximate surface area is 122 Å². The second kappa shape index (κ2) is 5.71. The molecule has 0 aliphatic heterocycles. The highest BCUT2D eigenvalue weighted by atomic mass is 19.1. The molecule has 21 heavy (non-hydrogen) atoms. The summed E-state index contributed by atoms with van der Waals surface area (Å²) < 4.78 is 13.7. The molecule has 1 fully saturated rings. The first kappa shape index (κ1) is 15.3. The molecule has 1 saturated carbocycles. The number of hydrogen-bond donors (Lipinski definition) is 3. The topological polar surface area (TPSA) is 78.4 Å². The average Bonchev–Trinajstić information content (AvgIpc) is 2.70. The average molecular weight is 294 g/mol. The van der Waals surface area contributed by atoms with E-state index in [1.165, 1.54) is 12.1 Å². The molecule has 0 spiro atoms. The zero-order valence-corrected chi connectivity index (χ0v) is 12.1. The summed E-state index contributed by atoms with van der Waals surface area (Å²) in [5, 5.41) is 14.1. The molecule has 1 atom stereocenters. The molecule has 0 radical (unpaired) electrons. The van der Waals surface area contributed by atoms with Gasteiger partial charge in [-0.2, -0.15) is 0 Å². The number of anilines is 1. The maximum atomic E-state index is 13.7. The van der Waals surface area contributed by atoms with Crippen LogP contribution in [0, 0.1) is 11.2 Å². The fraction of sp³-hybridized carbons (Fsp3) is 0.467. The van der Waals surface area contributed by atoms with Crippen LogP contribution >= 0.6 is 0 Å². The van der Waals surface area contributed by atoms with Crippen LogP contribution in [-0.4, -0.2) is 23.1 Å². The predicted molar refractivity (Wildman–Crippen MR) is 76.9 cm³/mol. The number of carbonyl (C=O) groups is 2. The predicted octanol–water partition coefficient (Wildman–Crippen LogP) is 3.22. The van der Waals surface area contributed by atoms with Crippen molar-refractivity contribution in [3.8, 4) is 0 Å². The summed E-state index contributed by atoms with van der Waals surface area (Å²) in [6.45, 7) is 4.26. The zero-order chi connectivity index (χ0) is 15.6. The molecule has 2 rings (SSSR count). The lowest BCUT2D eigenvalue weighted by molar-refractivity contribution is 0.0697. The summed E-state index contributed by atoms with van der Waals surface area (Å²) in [5.41, 5.74) is -0.390. The van der Waals surface area contributed by atoms with Gasteiger partial charge in [-0.15, -0.1) is 0 Å². The van der Waals surface area contributed by atoms with Crippen molar-refractivity contribution in [1.82, 2.24) is 5.32 Å². The van der Waals surface area contributed by atoms with Crippen molar-refractivity contribution in [3.63, 3.8) is 0 Å². The van der Waals surface area contributed by atoms with Gasteiger partial charge in [0.05, 0.1) is 11.3 Å². The maximum absolute atomic E-state index is 13.7. The van der Waals surface area contributed by atoms with Crippen molar-refractivity contribution < 1.29 is 19.1 Å². The zero-order valence-electron chi connectivity index (χ0n) is 12.1. The lowest BCUT2D eigenvalue weighted by Crippen LogP contribution is -2.37. The molecule has 114 valence electrons.